The largest absolute Gasteiger partial charge is 0.507 e. The second kappa shape index (κ2) is 9.89. The van der Waals surface area contributed by atoms with Gasteiger partial charge in [0.05, 0.1) is 13.2 Å². The minimum atomic E-state index is -0.762. The lowest BCUT2D eigenvalue weighted by Crippen LogP contribution is -2.47. The number of hydrogen-bond acceptors (Lipinski definition) is 5. The highest BCUT2D eigenvalue weighted by Gasteiger charge is 2.21. The molecule has 1 rings (SSSR count). The Morgan fingerprint density at radius 2 is 1.75 bits per heavy atom. The van der Waals surface area contributed by atoms with E-state index in [2.05, 4.69) is 10.6 Å². The summed E-state index contributed by atoms with van der Waals surface area (Å²) in [5, 5.41) is 33.9. The number of aliphatic hydroxyl groups is 2. The Balaban J connectivity index is 2.97. The fourth-order valence-corrected chi connectivity index (χ4v) is 2.39. The Kier molecular flexibility index (Phi) is 8.21. The van der Waals surface area contributed by atoms with Crippen LogP contribution in [0, 0.1) is 0 Å². The SMILES string of the molecule is CCCCNC(=O)[C@H](Cc1cc(CO)c(O)c(CO)c1)NC(C)=O. The van der Waals surface area contributed by atoms with Crippen LogP contribution < -0.4 is 10.6 Å². The van der Waals surface area contributed by atoms with E-state index in [9.17, 15) is 24.9 Å². The number of unbranched alkanes of at least 4 members (excludes halogenated alkanes) is 1. The standard InChI is InChI=1S/C17H26N2O5/c1-3-4-5-18-17(24)15(19-11(2)22)8-12-6-13(9-20)16(23)14(7-12)10-21/h6-7,15,20-21,23H,3-5,8-10H2,1-2H3,(H,18,24)(H,19,22)/t15-/m0/s1. The van der Waals surface area contributed by atoms with Crippen molar-refractivity contribution in [2.24, 2.45) is 0 Å². The quantitative estimate of drug-likeness (QED) is 0.416. The number of aromatic hydroxyl groups is 1. The summed E-state index contributed by atoms with van der Waals surface area (Å²) in [7, 11) is 0. The molecule has 0 aliphatic carbocycles. The molecule has 1 aromatic rings. The number of amides is 2. The highest BCUT2D eigenvalue weighted by Crippen LogP contribution is 2.25. The molecular weight excluding hydrogens is 312 g/mol. The average Bonchev–Trinajstić information content (AvgIpc) is 2.55. The van der Waals surface area contributed by atoms with Crippen LogP contribution in [0.1, 0.15) is 43.4 Å². The zero-order chi connectivity index (χ0) is 18.1. The van der Waals surface area contributed by atoms with Crippen molar-refractivity contribution in [2.75, 3.05) is 6.54 Å². The molecule has 0 radical (unpaired) electrons. The molecule has 0 bridgehead atoms. The minimum absolute atomic E-state index is 0.160. The van der Waals surface area contributed by atoms with Crippen molar-refractivity contribution in [3.63, 3.8) is 0 Å². The van der Waals surface area contributed by atoms with Gasteiger partial charge in [0.1, 0.15) is 11.8 Å². The van der Waals surface area contributed by atoms with Gasteiger partial charge in [-0.15, -0.1) is 0 Å². The van der Waals surface area contributed by atoms with E-state index >= 15 is 0 Å². The Morgan fingerprint density at radius 3 is 2.21 bits per heavy atom. The molecule has 7 nitrogen and oxygen atoms in total. The predicted octanol–water partition coefficient (Wildman–Crippen LogP) is 0.340. The number of carbonyl (C=O) groups is 2. The normalized spacial score (nSPS) is 11.8. The van der Waals surface area contributed by atoms with Crippen LogP contribution in [0.3, 0.4) is 0 Å². The third-order valence-corrected chi connectivity index (χ3v) is 3.63. The molecule has 0 aliphatic heterocycles. The maximum Gasteiger partial charge on any atom is 0.242 e. The molecule has 1 atom stereocenters. The molecule has 0 aromatic heterocycles. The predicted molar refractivity (Wildman–Crippen MR) is 89.2 cm³/mol. The monoisotopic (exact) mass is 338 g/mol. The van der Waals surface area contributed by atoms with Crippen molar-refractivity contribution >= 4 is 11.8 Å². The molecule has 0 saturated heterocycles. The lowest BCUT2D eigenvalue weighted by molar-refractivity contribution is -0.128. The molecular formula is C17H26N2O5. The first-order valence-corrected chi connectivity index (χ1v) is 8.03. The maximum atomic E-state index is 12.3. The molecule has 24 heavy (non-hydrogen) atoms. The van der Waals surface area contributed by atoms with Crippen LogP contribution in [-0.2, 0) is 29.2 Å². The second-order valence-corrected chi connectivity index (χ2v) is 5.68. The molecule has 0 spiro atoms. The van der Waals surface area contributed by atoms with Crippen molar-refractivity contribution in [2.45, 2.75) is 52.4 Å². The zero-order valence-corrected chi connectivity index (χ0v) is 14.1. The molecule has 1 aromatic carbocycles. The third kappa shape index (κ3) is 5.82. The van der Waals surface area contributed by atoms with Crippen LogP contribution >= 0.6 is 0 Å². The van der Waals surface area contributed by atoms with Gasteiger partial charge in [-0.2, -0.15) is 0 Å². The van der Waals surface area contributed by atoms with Crippen molar-refractivity contribution in [3.8, 4) is 5.75 Å². The molecule has 0 unspecified atom stereocenters. The summed E-state index contributed by atoms with van der Waals surface area (Å²) < 4.78 is 0. The fraction of sp³-hybridized carbons (Fsp3) is 0.529. The topological polar surface area (TPSA) is 119 Å². The van der Waals surface area contributed by atoms with Crippen LogP contribution in [0.15, 0.2) is 12.1 Å². The van der Waals surface area contributed by atoms with E-state index in [1.807, 2.05) is 6.92 Å². The second-order valence-electron chi connectivity index (χ2n) is 5.68. The first kappa shape index (κ1) is 19.9. The van der Waals surface area contributed by atoms with Crippen molar-refractivity contribution in [1.82, 2.24) is 10.6 Å². The smallest absolute Gasteiger partial charge is 0.242 e. The summed E-state index contributed by atoms with van der Waals surface area (Å²) >= 11 is 0. The summed E-state index contributed by atoms with van der Waals surface area (Å²) in [6.07, 6.45) is 1.99. The van der Waals surface area contributed by atoms with Crippen LogP contribution in [0.25, 0.3) is 0 Å². The highest BCUT2D eigenvalue weighted by atomic mass is 16.3. The summed E-state index contributed by atoms with van der Waals surface area (Å²) in [6, 6.07) is 2.35. The minimum Gasteiger partial charge on any atom is -0.507 e. The van der Waals surface area contributed by atoms with Gasteiger partial charge in [-0.05, 0) is 24.1 Å². The van der Waals surface area contributed by atoms with Crippen LogP contribution in [-0.4, -0.2) is 39.7 Å². The summed E-state index contributed by atoms with van der Waals surface area (Å²) in [4.78, 5) is 23.6. The van der Waals surface area contributed by atoms with Crippen molar-refractivity contribution in [1.29, 1.82) is 0 Å². The third-order valence-electron chi connectivity index (χ3n) is 3.63. The van der Waals surface area contributed by atoms with Gasteiger partial charge in [-0.1, -0.05) is 13.3 Å². The van der Waals surface area contributed by atoms with E-state index in [1.54, 1.807) is 12.1 Å². The number of aliphatic hydroxyl groups excluding tert-OH is 2. The zero-order valence-electron chi connectivity index (χ0n) is 14.1. The van der Waals surface area contributed by atoms with Crippen LogP contribution in [0.4, 0.5) is 0 Å². The number of benzene rings is 1. The Bertz CT molecular complexity index is 549. The fourth-order valence-electron chi connectivity index (χ4n) is 2.39. The van der Waals surface area contributed by atoms with Gasteiger partial charge >= 0.3 is 0 Å². The van der Waals surface area contributed by atoms with E-state index in [0.29, 0.717) is 12.1 Å². The van der Waals surface area contributed by atoms with Crippen LogP contribution in [0.2, 0.25) is 0 Å². The molecule has 134 valence electrons. The van der Waals surface area contributed by atoms with Gasteiger partial charge in [-0.25, -0.2) is 0 Å². The van der Waals surface area contributed by atoms with E-state index in [4.69, 9.17) is 0 Å². The molecule has 0 aliphatic rings. The van der Waals surface area contributed by atoms with Crippen LogP contribution in [0.5, 0.6) is 5.75 Å². The summed E-state index contributed by atoms with van der Waals surface area (Å²) in [5.41, 5.74) is 1.17. The number of nitrogens with one attached hydrogen (secondary N) is 2. The lowest BCUT2D eigenvalue weighted by atomic mass is 9.99. The van der Waals surface area contributed by atoms with Gasteiger partial charge < -0.3 is 26.0 Å². The molecule has 0 fully saturated rings. The Morgan fingerprint density at radius 1 is 1.17 bits per heavy atom. The molecule has 7 heteroatoms. The van der Waals surface area contributed by atoms with E-state index in [0.717, 1.165) is 12.8 Å². The average molecular weight is 338 g/mol. The molecule has 2 amide bonds. The Hall–Kier alpha value is -2.12. The molecule has 0 heterocycles. The molecule has 5 N–H and O–H groups in total. The maximum absolute atomic E-state index is 12.3. The first-order chi connectivity index (χ1) is 11.4. The highest BCUT2D eigenvalue weighted by molar-refractivity contribution is 5.87. The number of rotatable bonds is 9. The van der Waals surface area contributed by atoms with Gasteiger partial charge in [0.25, 0.3) is 0 Å². The summed E-state index contributed by atoms with van der Waals surface area (Å²) in [6.45, 7) is 3.10. The van der Waals surface area contributed by atoms with Gasteiger partial charge in [0, 0.05) is 31.0 Å². The van der Waals surface area contributed by atoms with Gasteiger partial charge in [0.15, 0.2) is 0 Å². The van der Waals surface area contributed by atoms with Crippen molar-refractivity contribution < 1.29 is 24.9 Å². The summed E-state index contributed by atoms with van der Waals surface area (Å²) in [5.74, 6) is -0.774. The van der Waals surface area contributed by atoms with E-state index < -0.39 is 6.04 Å². The number of phenols is 1. The molecule has 0 saturated carbocycles. The Labute approximate surface area is 141 Å². The number of carbonyl (C=O) groups excluding carboxylic acids is 2. The first-order valence-electron chi connectivity index (χ1n) is 8.03. The van der Waals surface area contributed by atoms with Gasteiger partial charge in [0.2, 0.25) is 11.8 Å². The lowest BCUT2D eigenvalue weighted by Gasteiger charge is -2.19. The van der Waals surface area contributed by atoms with E-state index in [1.165, 1.54) is 6.92 Å². The van der Waals surface area contributed by atoms with E-state index in [-0.39, 0.29) is 48.3 Å². The number of hydrogen-bond donors (Lipinski definition) is 5. The van der Waals surface area contributed by atoms with Gasteiger partial charge in [-0.3, -0.25) is 9.59 Å². The van der Waals surface area contributed by atoms with Crippen molar-refractivity contribution in [3.05, 3.63) is 28.8 Å².